The number of para-hydroxylation sites is 1. The summed E-state index contributed by atoms with van der Waals surface area (Å²) in [5.74, 6) is 0.429. The van der Waals surface area contributed by atoms with E-state index in [1.165, 1.54) is 23.6 Å². The molecular formula is C23H17N5O3S. The van der Waals surface area contributed by atoms with Crippen molar-refractivity contribution >= 4 is 43.7 Å². The van der Waals surface area contributed by atoms with Gasteiger partial charge < -0.3 is 5.32 Å². The Kier molecular flexibility index (Phi) is 4.67. The van der Waals surface area contributed by atoms with Crippen LogP contribution in [0.4, 0.5) is 11.5 Å². The number of nitrogens with zero attached hydrogens (tertiary/aromatic N) is 4. The number of carbonyl (C=O) groups is 1. The standard InChI is InChI=1S/C23H17N5O3S/c1-15(29)16-11-13-17(14-12-16)24-21-19-9-5-6-10-20(19)28-22(25-21)23(26-27-28)32(30,31)18-7-3-2-4-8-18/h2-14H,1H3,(H,24,25). The molecule has 0 aliphatic carbocycles. The van der Waals surface area contributed by atoms with Crippen molar-refractivity contribution in [2.24, 2.45) is 0 Å². The third-order valence-electron chi connectivity index (χ3n) is 5.08. The number of sulfone groups is 1. The summed E-state index contributed by atoms with van der Waals surface area (Å²) >= 11 is 0. The van der Waals surface area contributed by atoms with E-state index in [1.807, 2.05) is 24.3 Å². The normalized spacial score (nSPS) is 11.7. The van der Waals surface area contributed by atoms with Crippen molar-refractivity contribution in [2.45, 2.75) is 16.8 Å². The lowest BCUT2D eigenvalue weighted by Crippen LogP contribution is -2.05. The van der Waals surface area contributed by atoms with Crippen LogP contribution in [0.2, 0.25) is 0 Å². The van der Waals surface area contributed by atoms with Crippen LogP contribution in [0.3, 0.4) is 0 Å². The lowest BCUT2D eigenvalue weighted by Gasteiger charge is -2.11. The van der Waals surface area contributed by atoms with Gasteiger partial charge in [-0.25, -0.2) is 13.4 Å². The van der Waals surface area contributed by atoms with Crippen molar-refractivity contribution in [3.63, 3.8) is 0 Å². The number of anilines is 2. The van der Waals surface area contributed by atoms with Crippen LogP contribution in [0, 0.1) is 0 Å². The molecule has 0 saturated carbocycles. The maximum absolute atomic E-state index is 13.2. The number of hydrogen-bond donors (Lipinski definition) is 1. The number of rotatable bonds is 5. The molecule has 0 amide bonds. The van der Waals surface area contributed by atoms with E-state index >= 15 is 0 Å². The van der Waals surface area contributed by atoms with E-state index in [-0.39, 0.29) is 21.4 Å². The topological polar surface area (TPSA) is 106 Å². The van der Waals surface area contributed by atoms with Gasteiger partial charge in [0.15, 0.2) is 11.4 Å². The molecule has 32 heavy (non-hydrogen) atoms. The van der Waals surface area contributed by atoms with Gasteiger partial charge in [0.1, 0.15) is 5.82 Å². The molecule has 5 aromatic rings. The first-order valence-corrected chi connectivity index (χ1v) is 11.3. The molecule has 2 aromatic heterocycles. The highest BCUT2D eigenvalue weighted by atomic mass is 32.2. The molecule has 0 aliphatic heterocycles. The molecule has 0 radical (unpaired) electrons. The molecule has 0 fully saturated rings. The Hall–Kier alpha value is -4.11. The number of Topliss-reactive ketones (excluding diaryl/α,β-unsaturated/α-hetero) is 1. The van der Waals surface area contributed by atoms with Gasteiger partial charge in [-0.3, -0.25) is 4.79 Å². The third kappa shape index (κ3) is 3.28. The Morgan fingerprint density at radius 3 is 2.31 bits per heavy atom. The van der Waals surface area contributed by atoms with Crippen LogP contribution in [0.5, 0.6) is 0 Å². The van der Waals surface area contributed by atoms with Crippen molar-refractivity contribution in [1.29, 1.82) is 0 Å². The van der Waals surface area contributed by atoms with Gasteiger partial charge in [0.2, 0.25) is 14.9 Å². The third-order valence-corrected chi connectivity index (χ3v) is 6.75. The molecule has 5 rings (SSSR count). The van der Waals surface area contributed by atoms with Crippen molar-refractivity contribution in [1.82, 2.24) is 19.8 Å². The summed E-state index contributed by atoms with van der Waals surface area (Å²) in [5.41, 5.74) is 2.08. The van der Waals surface area contributed by atoms with Crippen LogP contribution >= 0.6 is 0 Å². The SMILES string of the molecule is CC(=O)c1ccc(Nc2nc3c(S(=O)(=O)c4ccccc4)nnn3c3ccccc23)cc1. The Balaban J connectivity index is 1.69. The number of hydrogen-bond acceptors (Lipinski definition) is 7. The van der Waals surface area contributed by atoms with Crippen LogP contribution in [0.15, 0.2) is 88.8 Å². The lowest BCUT2D eigenvalue weighted by molar-refractivity contribution is 0.101. The maximum atomic E-state index is 13.2. The quantitative estimate of drug-likeness (QED) is 0.408. The minimum Gasteiger partial charge on any atom is -0.340 e. The summed E-state index contributed by atoms with van der Waals surface area (Å²) in [7, 11) is -3.92. The predicted octanol–water partition coefficient (Wildman–Crippen LogP) is 4.06. The molecule has 3 aromatic carbocycles. The Bertz CT molecular complexity index is 1580. The van der Waals surface area contributed by atoms with Gasteiger partial charge in [0.25, 0.3) is 0 Å². The first kappa shape index (κ1) is 19.8. The molecule has 0 atom stereocenters. The number of ketones is 1. The molecule has 2 heterocycles. The first-order valence-electron chi connectivity index (χ1n) is 9.77. The molecule has 0 bridgehead atoms. The average molecular weight is 443 g/mol. The smallest absolute Gasteiger partial charge is 0.229 e. The van der Waals surface area contributed by atoms with E-state index in [4.69, 9.17) is 0 Å². The van der Waals surface area contributed by atoms with Gasteiger partial charge in [0, 0.05) is 16.6 Å². The number of nitrogens with one attached hydrogen (secondary N) is 1. The summed E-state index contributed by atoms with van der Waals surface area (Å²) in [6.45, 7) is 1.51. The second-order valence-electron chi connectivity index (χ2n) is 7.18. The Morgan fingerprint density at radius 2 is 1.59 bits per heavy atom. The second kappa shape index (κ2) is 7.54. The number of aromatic nitrogens is 4. The van der Waals surface area contributed by atoms with Crippen LogP contribution in [0.25, 0.3) is 16.6 Å². The zero-order valence-corrected chi connectivity index (χ0v) is 17.7. The fourth-order valence-electron chi connectivity index (χ4n) is 3.45. The molecular weight excluding hydrogens is 426 g/mol. The van der Waals surface area contributed by atoms with Crippen LogP contribution < -0.4 is 5.32 Å². The van der Waals surface area contributed by atoms with Crippen LogP contribution in [-0.2, 0) is 9.84 Å². The zero-order chi connectivity index (χ0) is 22.3. The van der Waals surface area contributed by atoms with Crippen LogP contribution in [0.1, 0.15) is 17.3 Å². The van der Waals surface area contributed by atoms with Gasteiger partial charge in [-0.15, -0.1) is 5.10 Å². The maximum Gasteiger partial charge on any atom is 0.229 e. The second-order valence-corrected chi connectivity index (χ2v) is 9.05. The van der Waals surface area contributed by atoms with Gasteiger partial charge in [-0.1, -0.05) is 35.5 Å². The summed E-state index contributed by atoms with van der Waals surface area (Å²) < 4.78 is 27.8. The predicted molar refractivity (Wildman–Crippen MR) is 120 cm³/mol. The van der Waals surface area contributed by atoms with Gasteiger partial charge in [-0.2, -0.15) is 4.52 Å². The highest BCUT2D eigenvalue weighted by Gasteiger charge is 2.27. The summed E-state index contributed by atoms with van der Waals surface area (Å²) in [5, 5.41) is 11.8. The van der Waals surface area contributed by atoms with Crippen molar-refractivity contribution in [3.8, 4) is 0 Å². The highest BCUT2D eigenvalue weighted by Crippen LogP contribution is 2.29. The van der Waals surface area contributed by atoms with E-state index < -0.39 is 9.84 Å². The van der Waals surface area contributed by atoms with E-state index in [0.29, 0.717) is 22.6 Å². The molecule has 158 valence electrons. The van der Waals surface area contributed by atoms with Gasteiger partial charge in [-0.05, 0) is 55.5 Å². The van der Waals surface area contributed by atoms with E-state index in [2.05, 4.69) is 20.6 Å². The molecule has 0 saturated heterocycles. The van der Waals surface area contributed by atoms with E-state index in [0.717, 1.165) is 5.39 Å². The monoisotopic (exact) mass is 443 g/mol. The summed E-state index contributed by atoms with van der Waals surface area (Å²) in [6.07, 6.45) is 0. The van der Waals surface area contributed by atoms with E-state index in [9.17, 15) is 13.2 Å². The molecule has 0 spiro atoms. The largest absolute Gasteiger partial charge is 0.340 e. The molecule has 0 aliphatic rings. The molecule has 9 heteroatoms. The number of carbonyl (C=O) groups excluding carboxylic acids is 1. The fraction of sp³-hybridized carbons (Fsp3) is 0.0435. The molecule has 1 N–H and O–H groups in total. The van der Waals surface area contributed by atoms with Gasteiger partial charge >= 0.3 is 0 Å². The highest BCUT2D eigenvalue weighted by molar-refractivity contribution is 7.91. The van der Waals surface area contributed by atoms with E-state index in [1.54, 1.807) is 42.5 Å². The summed E-state index contributed by atoms with van der Waals surface area (Å²) in [4.78, 5) is 16.3. The zero-order valence-electron chi connectivity index (χ0n) is 16.9. The first-order chi connectivity index (χ1) is 15.4. The lowest BCUT2D eigenvalue weighted by atomic mass is 10.1. The minimum atomic E-state index is -3.92. The number of benzene rings is 3. The number of fused-ring (bicyclic) bond motifs is 3. The van der Waals surface area contributed by atoms with Crippen molar-refractivity contribution in [3.05, 3.63) is 84.4 Å². The van der Waals surface area contributed by atoms with Crippen molar-refractivity contribution in [2.75, 3.05) is 5.32 Å². The van der Waals surface area contributed by atoms with Crippen molar-refractivity contribution < 1.29 is 13.2 Å². The average Bonchev–Trinajstić information content (AvgIpc) is 3.25. The minimum absolute atomic E-state index is 0.0253. The fourth-order valence-corrected chi connectivity index (χ4v) is 4.71. The van der Waals surface area contributed by atoms with Gasteiger partial charge in [0.05, 0.1) is 10.4 Å². The molecule has 8 nitrogen and oxygen atoms in total. The van der Waals surface area contributed by atoms with Crippen LogP contribution in [-0.4, -0.2) is 34.0 Å². The summed E-state index contributed by atoms with van der Waals surface area (Å²) in [6, 6.07) is 22.4. The Labute approximate surface area is 183 Å². The Morgan fingerprint density at radius 1 is 0.906 bits per heavy atom. The molecule has 0 unspecified atom stereocenters.